The van der Waals surface area contributed by atoms with Crippen LogP contribution in [-0.4, -0.2) is 49.8 Å². The molecule has 1 aromatic carbocycles. The Morgan fingerprint density at radius 2 is 1.88 bits per heavy atom. The van der Waals surface area contributed by atoms with Crippen molar-refractivity contribution in [2.75, 3.05) is 32.8 Å². The summed E-state index contributed by atoms with van der Waals surface area (Å²) in [5.41, 5.74) is 3.69. The highest BCUT2D eigenvalue weighted by Crippen LogP contribution is 2.19. The summed E-state index contributed by atoms with van der Waals surface area (Å²) in [6.07, 6.45) is 1.44. The molecule has 174 valence electrons. The van der Waals surface area contributed by atoms with Crippen molar-refractivity contribution in [3.8, 4) is 6.07 Å². The number of nitrogens with zero attached hydrogens (tertiary/aromatic N) is 2. The number of aromatic nitrogens is 1. The van der Waals surface area contributed by atoms with Crippen LogP contribution >= 0.6 is 0 Å². The molecule has 0 saturated carbocycles. The molecule has 0 aliphatic carbocycles. The molecule has 9 nitrogen and oxygen atoms in total. The molecule has 1 aromatic heterocycles. The zero-order valence-corrected chi connectivity index (χ0v) is 19.4. The molecular formula is C24H27N3O6. The first kappa shape index (κ1) is 25.4. The zero-order valence-electron chi connectivity index (χ0n) is 19.4. The number of nitrogens with one attached hydrogen (secondary N) is 1. The van der Waals surface area contributed by atoms with E-state index in [4.69, 9.17) is 9.47 Å². The number of carbonyl (C=O) groups is 3. The summed E-state index contributed by atoms with van der Waals surface area (Å²) >= 11 is 0. The fourth-order valence-corrected chi connectivity index (χ4v) is 3.19. The van der Waals surface area contributed by atoms with Crippen molar-refractivity contribution in [1.82, 2.24) is 4.57 Å². The van der Waals surface area contributed by atoms with Gasteiger partial charge < -0.3 is 24.1 Å². The molecule has 1 heterocycles. The Labute approximate surface area is 192 Å². The second kappa shape index (κ2) is 11.6. The number of hydrogen-bond acceptors (Lipinski definition) is 7. The predicted octanol–water partition coefficient (Wildman–Crippen LogP) is 2.94. The summed E-state index contributed by atoms with van der Waals surface area (Å²) in [4.78, 5) is 36.3. The van der Waals surface area contributed by atoms with Crippen LogP contribution in [0, 0.1) is 32.1 Å². The van der Waals surface area contributed by atoms with E-state index >= 15 is 0 Å². The van der Waals surface area contributed by atoms with Crippen LogP contribution in [0.15, 0.2) is 29.8 Å². The van der Waals surface area contributed by atoms with Gasteiger partial charge in [0.2, 0.25) is 0 Å². The Morgan fingerprint density at radius 1 is 1.15 bits per heavy atom. The summed E-state index contributed by atoms with van der Waals surface area (Å²) in [7, 11) is 2.88. The molecule has 9 heteroatoms. The maximum absolute atomic E-state index is 12.4. The van der Waals surface area contributed by atoms with E-state index in [1.165, 1.54) is 19.3 Å². The van der Waals surface area contributed by atoms with Crippen LogP contribution < -0.4 is 5.32 Å². The molecular weight excluding hydrogens is 426 g/mol. The van der Waals surface area contributed by atoms with Gasteiger partial charge in [0.05, 0.1) is 19.3 Å². The molecule has 0 atom stereocenters. The van der Waals surface area contributed by atoms with Crippen molar-refractivity contribution < 1.29 is 28.6 Å². The molecule has 0 aliphatic heterocycles. The average Bonchev–Trinajstić information content (AvgIpc) is 3.07. The van der Waals surface area contributed by atoms with Crippen molar-refractivity contribution in [1.29, 1.82) is 5.26 Å². The van der Waals surface area contributed by atoms with E-state index in [-0.39, 0.29) is 11.1 Å². The fraction of sp³-hybridized carbons (Fsp3) is 0.333. The van der Waals surface area contributed by atoms with Gasteiger partial charge in [-0.05, 0) is 56.2 Å². The second-order valence-electron chi connectivity index (χ2n) is 7.29. The molecule has 33 heavy (non-hydrogen) atoms. The number of nitriles is 1. The standard InChI is InChI=1S/C24H27N3O6/c1-15-6-7-18(23(29)32-5)12-21(15)26-22(28)14-33-24(30)20(13-25)11-19-10-16(2)27(17(19)3)8-9-31-4/h6-7,10-12H,8-9,14H2,1-5H3,(H,26,28)/b20-11+. The number of carbonyl (C=O) groups excluding carboxylic acids is 3. The second-order valence-corrected chi connectivity index (χ2v) is 7.29. The van der Waals surface area contributed by atoms with Gasteiger partial charge in [-0.15, -0.1) is 0 Å². The molecule has 1 amide bonds. The molecule has 0 radical (unpaired) electrons. The number of esters is 2. The number of benzene rings is 1. The Kier molecular flexibility index (Phi) is 8.95. The van der Waals surface area contributed by atoms with Gasteiger partial charge in [-0.25, -0.2) is 9.59 Å². The van der Waals surface area contributed by atoms with Crippen LogP contribution in [0.4, 0.5) is 5.69 Å². The van der Waals surface area contributed by atoms with Crippen molar-refractivity contribution in [2.24, 2.45) is 0 Å². The number of anilines is 1. The fourth-order valence-electron chi connectivity index (χ4n) is 3.19. The van der Waals surface area contributed by atoms with Crippen LogP contribution in [0.2, 0.25) is 0 Å². The summed E-state index contributed by atoms with van der Waals surface area (Å²) in [6, 6.07) is 8.40. The summed E-state index contributed by atoms with van der Waals surface area (Å²) in [5, 5.41) is 12.0. The highest BCUT2D eigenvalue weighted by molar-refractivity contribution is 6.00. The van der Waals surface area contributed by atoms with Crippen molar-refractivity contribution in [3.05, 3.63) is 57.9 Å². The minimum Gasteiger partial charge on any atom is -0.465 e. The molecule has 0 bridgehead atoms. The lowest BCUT2D eigenvalue weighted by Gasteiger charge is -2.10. The molecule has 0 unspecified atom stereocenters. The van der Waals surface area contributed by atoms with Gasteiger partial charge in [0, 0.05) is 30.7 Å². The van der Waals surface area contributed by atoms with E-state index in [9.17, 15) is 19.6 Å². The molecule has 2 aromatic rings. The lowest BCUT2D eigenvalue weighted by atomic mass is 10.1. The van der Waals surface area contributed by atoms with Crippen molar-refractivity contribution >= 4 is 29.6 Å². The number of rotatable bonds is 9. The van der Waals surface area contributed by atoms with E-state index in [1.54, 1.807) is 26.2 Å². The minimum atomic E-state index is -0.908. The molecule has 2 rings (SSSR count). The highest BCUT2D eigenvalue weighted by atomic mass is 16.5. The van der Waals surface area contributed by atoms with Gasteiger partial charge in [0.1, 0.15) is 11.6 Å². The maximum Gasteiger partial charge on any atom is 0.349 e. The monoisotopic (exact) mass is 453 g/mol. The largest absolute Gasteiger partial charge is 0.465 e. The SMILES string of the molecule is COCCn1c(C)cc(/C=C(\C#N)C(=O)OCC(=O)Nc2cc(C(=O)OC)ccc2C)c1C. The molecule has 1 N–H and O–H groups in total. The van der Waals surface area contributed by atoms with Crippen LogP contribution in [0.1, 0.15) is 32.9 Å². The maximum atomic E-state index is 12.4. The Balaban J connectivity index is 2.07. The van der Waals surface area contributed by atoms with Gasteiger partial charge >= 0.3 is 11.9 Å². The van der Waals surface area contributed by atoms with Crippen LogP contribution in [0.3, 0.4) is 0 Å². The van der Waals surface area contributed by atoms with E-state index < -0.39 is 24.5 Å². The lowest BCUT2D eigenvalue weighted by Crippen LogP contribution is -2.22. The van der Waals surface area contributed by atoms with Gasteiger partial charge in [-0.3, -0.25) is 4.79 Å². The number of aryl methyl sites for hydroxylation is 2. The minimum absolute atomic E-state index is 0.223. The third-order valence-electron chi connectivity index (χ3n) is 5.04. The first-order valence-corrected chi connectivity index (χ1v) is 10.1. The van der Waals surface area contributed by atoms with Crippen LogP contribution in [0.5, 0.6) is 0 Å². The molecule has 0 fully saturated rings. The van der Waals surface area contributed by atoms with Gasteiger partial charge in [0.25, 0.3) is 5.91 Å². The highest BCUT2D eigenvalue weighted by Gasteiger charge is 2.16. The Hall–Kier alpha value is -3.90. The van der Waals surface area contributed by atoms with Crippen LogP contribution in [-0.2, 0) is 30.3 Å². The van der Waals surface area contributed by atoms with E-state index in [0.717, 1.165) is 11.4 Å². The van der Waals surface area contributed by atoms with E-state index in [0.29, 0.717) is 30.0 Å². The van der Waals surface area contributed by atoms with Crippen LogP contribution in [0.25, 0.3) is 6.08 Å². The zero-order chi connectivity index (χ0) is 24.5. The smallest absolute Gasteiger partial charge is 0.349 e. The van der Waals surface area contributed by atoms with E-state index in [1.807, 2.05) is 30.6 Å². The first-order valence-electron chi connectivity index (χ1n) is 10.1. The Bertz CT molecular complexity index is 1120. The van der Waals surface area contributed by atoms with E-state index in [2.05, 4.69) is 10.1 Å². The molecule has 0 spiro atoms. The molecule has 0 aliphatic rings. The number of ether oxygens (including phenoxy) is 3. The quantitative estimate of drug-likeness (QED) is 0.352. The topological polar surface area (TPSA) is 120 Å². The third kappa shape index (κ3) is 6.54. The van der Waals surface area contributed by atoms with Crippen molar-refractivity contribution in [3.63, 3.8) is 0 Å². The lowest BCUT2D eigenvalue weighted by molar-refractivity contribution is -0.142. The third-order valence-corrected chi connectivity index (χ3v) is 5.04. The number of hydrogen-bond donors (Lipinski definition) is 1. The predicted molar refractivity (Wildman–Crippen MR) is 121 cm³/mol. The number of amides is 1. The number of methoxy groups -OCH3 is 2. The van der Waals surface area contributed by atoms with Gasteiger partial charge in [0.15, 0.2) is 6.61 Å². The average molecular weight is 453 g/mol. The normalized spacial score (nSPS) is 11.0. The summed E-state index contributed by atoms with van der Waals surface area (Å²) < 4.78 is 16.8. The van der Waals surface area contributed by atoms with Crippen molar-refractivity contribution in [2.45, 2.75) is 27.3 Å². The first-order chi connectivity index (χ1) is 15.7. The molecule has 0 saturated heterocycles. The van der Waals surface area contributed by atoms with Gasteiger partial charge in [-0.1, -0.05) is 6.07 Å². The Morgan fingerprint density at radius 3 is 2.52 bits per heavy atom. The van der Waals surface area contributed by atoms with Gasteiger partial charge in [-0.2, -0.15) is 5.26 Å². The summed E-state index contributed by atoms with van der Waals surface area (Å²) in [6.45, 7) is 6.14. The summed E-state index contributed by atoms with van der Waals surface area (Å²) in [5.74, 6) is -2.06.